The predicted molar refractivity (Wildman–Crippen MR) is 96.7 cm³/mol. The molecule has 2 N–H and O–H groups in total. The molecule has 1 unspecified atom stereocenters. The standard InChI is InChI=1S/C19H22N4O2/c1-12(15-7-5-4-6-8-15)20-19-21-16(11-18(24)22-19)9-10-17-13(2)23-25-14(17)3/h4-8,11-12H,9-10H2,1-3H3,(H2,20,21,22,24). The van der Waals surface area contributed by atoms with Gasteiger partial charge in [-0.2, -0.15) is 0 Å². The van der Waals surface area contributed by atoms with E-state index < -0.39 is 0 Å². The zero-order valence-corrected chi connectivity index (χ0v) is 14.7. The summed E-state index contributed by atoms with van der Waals surface area (Å²) in [5, 5.41) is 7.22. The van der Waals surface area contributed by atoms with Crippen molar-refractivity contribution < 1.29 is 4.52 Å². The molecule has 130 valence electrons. The van der Waals surface area contributed by atoms with E-state index in [1.165, 1.54) is 6.07 Å². The second-order valence-corrected chi connectivity index (χ2v) is 6.16. The fourth-order valence-electron chi connectivity index (χ4n) is 2.85. The number of H-pyrrole nitrogens is 1. The lowest BCUT2D eigenvalue weighted by molar-refractivity contribution is 0.392. The Balaban J connectivity index is 1.73. The Morgan fingerprint density at radius 1 is 1.20 bits per heavy atom. The van der Waals surface area contributed by atoms with Crippen molar-refractivity contribution in [3.8, 4) is 0 Å². The summed E-state index contributed by atoms with van der Waals surface area (Å²) in [6.07, 6.45) is 1.40. The fraction of sp³-hybridized carbons (Fsp3) is 0.316. The molecule has 2 heterocycles. The maximum absolute atomic E-state index is 12.0. The summed E-state index contributed by atoms with van der Waals surface area (Å²) in [5.41, 5.74) is 3.68. The molecule has 0 saturated carbocycles. The zero-order valence-electron chi connectivity index (χ0n) is 14.7. The first-order chi connectivity index (χ1) is 12.0. The van der Waals surface area contributed by atoms with Crippen LogP contribution >= 0.6 is 0 Å². The summed E-state index contributed by atoms with van der Waals surface area (Å²) < 4.78 is 5.18. The monoisotopic (exact) mass is 338 g/mol. The van der Waals surface area contributed by atoms with E-state index in [1.54, 1.807) is 0 Å². The Bertz CT molecular complexity index is 880. The number of benzene rings is 1. The molecule has 0 spiro atoms. The Labute approximate surface area is 146 Å². The van der Waals surface area contributed by atoms with Gasteiger partial charge in [-0.3, -0.25) is 9.78 Å². The average molecular weight is 338 g/mol. The minimum Gasteiger partial charge on any atom is -0.361 e. The molecule has 0 fully saturated rings. The van der Waals surface area contributed by atoms with Crippen LogP contribution in [0.3, 0.4) is 0 Å². The molecule has 0 aliphatic heterocycles. The van der Waals surface area contributed by atoms with E-state index in [4.69, 9.17) is 4.52 Å². The second kappa shape index (κ2) is 7.34. The van der Waals surface area contributed by atoms with E-state index in [1.807, 2.05) is 51.1 Å². The van der Waals surface area contributed by atoms with Gasteiger partial charge in [0.1, 0.15) is 5.76 Å². The van der Waals surface area contributed by atoms with Gasteiger partial charge in [-0.15, -0.1) is 0 Å². The fourth-order valence-corrected chi connectivity index (χ4v) is 2.85. The minimum absolute atomic E-state index is 0.0437. The number of hydrogen-bond donors (Lipinski definition) is 2. The molecule has 1 atom stereocenters. The van der Waals surface area contributed by atoms with E-state index in [0.717, 1.165) is 34.7 Å². The molecular formula is C19H22N4O2. The highest BCUT2D eigenvalue weighted by molar-refractivity contribution is 5.32. The molecule has 2 aromatic heterocycles. The largest absolute Gasteiger partial charge is 0.361 e. The van der Waals surface area contributed by atoms with Gasteiger partial charge >= 0.3 is 0 Å². The van der Waals surface area contributed by atoms with Crippen molar-refractivity contribution in [2.45, 2.75) is 39.7 Å². The minimum atomic E-state index is -0.161. The third-order valence-electron chi connectivity index (χ3n) is 4.26. The smallest absolute Gasteiger partial charge is 0.252 e. The van der Waals surface area contributed by atoms with E-state index >= 15 is 0 Å². The zero-order chi connectivity index (χ0) is 17.8. The number of aromatic amines is 1. The van der Waals surface area contributed by atoms with Crippen molar-refractivity contribution >= 4 is 5.95 Å². The third kappa shape index (κ3) is 4.15. The maximum Gasteiger partial charge on any atom is 0.252 e. The van der Waals surface area contributed by atoms with Gasteiger partial charge in [-0.1, -0.05) is 35.5 Å². The van der Waals surface area contributed by atoms with Gasteiger partial charge in [0.05, 0.1) is 17.4 Å². The lowest BCUT2D eigenvalue weighted by Gasteiger charge is -2.15. The summed E-state index contributed by atoms with van der Waals surface area (Å²) in [6.45, 7) is 5.85. The summed E-state index contributed by atoms with van der Waals surface area (Å²) in [6, 6.07) is 11.6. The van der Waals surface area contributed by atoms with Crippen molar-refractivity contribution in [2.24, 2.45) is 0 Å². The molecule has 0 aliphatic rings. The van der Waals surface area contributed by atoms with Crippen LogP contribution < -0.4 is 10.9 Å². The van der Waals surface area contributed by atoms with Crippen LogP contribution in [-0.2, 0) is 12.8 Å². The Morgan fingerprint density at radius 2 is 1.96 bits per heavy atom. The highest BCUT2D eigenvalue weighted by atomic mass is 16.5. The number of aromatic nitrogens is 3. The van der Waals surface area contributed by atoms with Gasteiger partial charge in [-0.25, -0.2) is 4.98 Å². The predicted octanol–water partition coefficient (Wildman–Crippen LogP) is 3.33. The molecule has 0 bridgehead atoms. The Hall–Kier alpha value is -2.89. The van der Waals surface area contributed by atoms with Crippen LogP contribution in [0.25, 0.3) is 0 Å². The van der Waals surface area contributed by atoms with Crippen molar-refractivity contribution in [3.63, 3.8) is 0 Å². The molecule has 0 amide bonds. The molecule has 6 nitrogen and oxygen atoms in total. The van der Waals surface area contributed by atoms with Gasteiger partial charge in [0.15, 0.2) is 0 Å². The highest BCUT2D eigenvalue weighted by Gasteiger charge is 2.11. The van der Waals surface area contributed by atoms with E-state index in [-0.39, 0.29) is 11.6 Å². The van der Waals surface area contributed by atoms with Gasteiger partial charge in [0.25, 0.3) is 5.56 Å². The SMILES string of the molecule is Cc1noc(C)c1CCc1cc(=O)[nH]c(NC(C)c2ccccc2)n1. The van der Waals surface area contributed by atoms with Gasteiger partial charge in [0.2, 0.25) is 5.95 Å². The molecular weight excluding hydrogens is 316 g/mol. The topological polar surface area (TPSA) is 83.8 Å². The van der Waals surface area contributed by atoms with E-state index in [0.29, 0.717) is 12.4 Å². The quantitative estimate of drug-likeness (QED) is 0.720. The van der Waals surface area contributed by atoms with E-state index in [9.17, 15) is 4.79 Å². The van der Waals surface area contributed by atoms with Crippen LogP contribution in [0, 0.1) is 13.8 Å². The van der Waals surface area contributed by atoms with Gasteiger partial charge in [0, 0.05) is 11.6 Å². The van der Waals surface area contributed by atoms with E-state index in [2.05, 4.69) is 20.4 Å². The van der Waals surface area contributed by atoms with Gasteiger partial charge < -0.3 is 9.84 Å². The number of nitrogens with zero attached hydrogens (tertiary/aromatic N) is 2. The summed E-state index contributed by atoms with van der Waals surface area (Å²) in [7, 11) is 0. The molecule has 3 aromatic rings. The van der Waals surface area contributed by atoms with Crippen molar-refractivity contribution in [1.29, 1.82) is 0 Å². The average Bonchev–Trinajstić information content (AvgIpc) is 2.91. The first kappa shape index (κ1) is 17.0. The van der Waals surface area contributed by atoms with Crippen molar-refractivity contribution in [2.75, 3.05) is 5.32 Å². The number of rotatable bonds is 6. The molecule has 1 aromatic carbocycles. The number of aryl methyl sites for hydroxylation is 3. The van der Waals surface area contributed by atoms with Crippen LogP contribution in [0.2, 0.25) is 0 Å². The number of hydrogen-bond acceptors (Lipinski definition) is 5. The van der Waals surface area contributed by atoms with Crippen LogP contribution in [0.1, 0.15) is 41.2 Å². The van der Waals surface area contributed by atoms with Crippen LogP contribution in [0.4, 0.5) is 5.95 Å². The normalized spacial score (nSPS) is 12.1. The maximum atomic E-state index is 12.0. The van der Waals surface area contributed by atoms with Crippen LogP contribution in [-0.4, -0.2) is 15.1 Å². The first-order valence-corrected chi connectivity index (χ1v) is 8.36. The molecule has 0 aliphatic carbocycles. The van der Waals surface area contributed by atoms with Crippen LogP contribution in [0.15, 0.2) is 45.7 Å². The number of anilines is 1. The van der Waals surface area contributed by atoms with Crippen molar-refractivity contribution in [3.05, 3.63) is 75.0 Å². The Morgan fingerprint density at radius 3 is 2.64 bits per heavy atom. The summed E-state index contributed by atoms with van der Waals surface area (Å²) in [5.74, 6) is 1.30. The molecule has 25 heavy (non-hydrogen) atoms. The van der Waals surface area contributed by atoms with Crippen molar-refractivity contribution in [1.82, 2.24) is 15.1 Å². The molecule has 0 saturated heterocycles. The molecule has 0 radical (unpaired) electrons. The van der Waals surface area contributed by atoms with Crippen LogP contribution in [0.5, 0.6) is 0 Å². The second-order valence-electron chi connectivity index (χ2n) is 6.16. The lowest BCUT2D eigenvalue weighted by atomic mass is 10.1. The molecule has 6 heteroatoms. The summed E-state index contributed by atoms with van der Waals surface area (Å²) >= 11 is 0. The Kier molecular flexibility index (Phi) is 4.97. The third-order valence-corrected chi connectivity index (χ3v) is 4.26. The first-order valence-electron chi connectivity index (χ1n) is 8.36. The molecule has 3 rings (SSSR count). The summed E-state index contributed by atoms with van der Waals surface area (Å²) in [4.78, 5) is 19.3. The lowest BCUT2D eigenvalue weighted by Crippen LogP contribution is -2.16. The highest BCUT2D eigenvalue weighted by Crippen LogP contribution is 2.17. The number of nitrogens with one attached hydrogen (secondary N) is 2. The van der Waals surface area contributed by atoms with Gasteiger partial charge in [-0.05, 0) is 39.2 Å².